The molecule has 0 amide bonds. The minimum Gasteiger partial charge on any atom is -0.506 e. The van der Waals surface area contributed by atoms with Crippen LogP contribution >= 0.6 is 0 Å². The van der Waals surface area contributed by atoms with Crippen LogP contribution in [0.5, 0.6) is 0 Å². The highest BCUT2D eigenvalue weighted by Gasteiger charge is 2.45. The average Bonchev–Trinajstić information content (AvgIpc) is 2.68. The van der Waals surface area contributed by atoms with Gasteiger partial charge in [-0.2, -0.15) is 0 Å². The van der Waals surface area contributed by atoms with Gasteiger partial charge in [-0.25, -0.2) is 0 Å². The van der Waals surface area contributed by atoms with Crippen molar-refractivity contribution in [2.45, 2.75) is 34.1 Å². The fourth-order valence-corrected chi connectivity index (χ4v) is 7.03. The molecule has 27 heavy (non-hydrogen) atoms. The number of carbonyl (C=O) groups is 1. The Balaban J connectivity index is 2.32. The van der Waals surface area contributed by atoms with Crippen LogP contribution in [0.3, 0.4) is 0 Å². The number of rotatable bonds is 5. The standard InChI is InChI=1S/C24H26O2Si/c1-5-24(25)26-27(21-12-6-18(2)7-13-21,22-14-8-19(3)9-15-22)23-16-10-20(4)11-17-23/h6-17H,5H2,1-4H3. The molecule has 0 aliphatic heterocycles. The summed E-state index contributed by atoms with van der Waals surface area (Å²) in [5, 5.41) is 3.26. The van der Waals surface area contributed by atoms with E-state index in [4.69, 9.17) is 4.43 Å². The molecular weight excluding hydrogens is 348 g/mol. The molecule has 0 aromatic heterocycles. The Hall–Kier alpha value is -2.65. The summed E-state index contributed by atoms with van der Waals surface area (Å²) in [5.74, 6) is -0.164. The van der Waals surface area contributed by atoms with Gasteiger partial charge in [0, 0.05) is 6.42 Å². The Morgan fingerprint density at radius 3 is 1.22 bits per heavy atom. The molecule has 0 bridgehead atoms. The first-order valence-corrected chi connectivity index (χ1v) is 11.3. The van der Waals surface area contributed by atoms with Gasteiger partial charge in [0.25, 0.3) is 5.97 Å². The molecule has 0 fully saturated rings. The summed E-state index contributed by atoms with van der Waals surface area (Å²) >= 11 is 0. The van der Waals surface area contributed by atoms with Crippen LogP contribution in [0.4, 0.5) is 0 Å². The number of hydrogen-bond donors (Lipinski definition) is 0. The molecule has 3 rings (SSSR count). The van der Waals surface area contributed by atoms with Crippen molar-refractivity contribution in [1.82, 2.24) is 0 Å². The van der Waals surface area contributed by atoms with Gasteiger partial charge in [-0.15, -0.1) is 0 Å². The maximum Gasteiger partial charge on any atom is 0.350 e. The van der Waals surface area contributed by atoms with Gasteiger partial charge in [-0.05, 0) is 36.3 Å². The first-order chi connectivity index (χ1) is 13.0. The zero-order chi connectivity index (χ0) is 19.4. The van der Waals surface area contributed by atoms with Crippen molar-refractivity contribution in [3.05, 3.63) is 89.5 Å². The van der Waals surface area contributed by atoms with E-state index in [2.05, 4.69) is 93.6 Å². The summed E-state index contributed by atoms with van der Waals surface area (Å²) in [4.78, 5) is 12.6. The predicted molar refractivity (Wildman–Crippen MR) is 115 cm³/mol. The van der Waals surface area contributed by atoms with Crippen molar-refractivity contribution in [3.8, 4) is 0 Å². The van der Waals surface area contributed by atoms with E-state index in [0.717, 1.165) is 15.6 Å². The molecule has 138 valence electrons. The lowest BCUT2D eigenvalue weighted by atomic mass is 10.2. The quantitative estimate of drug-likeness (QED) is 0.504. The van der Waals surface area contributed by atoms with E-state index in [1.807, 2.05) is 6.92 Å². The third-order valence-corrected chi connectivity index (χ3v) is 8.90. The van der Waals surface area contributed by atoms with E-state index in [1.165, 1.54) is 16.7 Å². The van der Waals surface area contributed by atoms with Gasteiger partial charge in [-0.3, -0.25) is 4.79 Å². The number of benzene rings is 3. The highest BCUT2D eigenvalue weighted by molar-refractivity contribution is 7.07. The Kier molecular flexibility index (Phi) is 5.61. The van der Waals surface area contributed by atoms with E-state index in [-0.39, 0.29) is 5.97 Å². The summed E-state index contributed by atoms with van der Waals surface area (Å²) in [7, 11) is -2.93. The summed E-state index contributed by atoms with van der Waals surface area (Å²) < 4.78 is 6.37. The molecule has 0 heterocycles. The zero-order valence-corrected chi connectivity index (χ0v) is 17.5. The fraction of sp³-hybridized carbons (Fsp3) is 0.208. The normalized spacial score (nSPS) is 11.3. The smallest absolute Gasteiger partial charge is 0.350 e. The largest absolute Gasteiger partial charge is 0.506 e. The van der Waals surface area contributed by atoms with Crippen molar-refractivity contribution in [3.63, 3.8) is 0 Å². The van der Waals surface area contributed by atoms with Crippen LogP contribution in [-0.2, 0) is 9.22 Å². The van der Waals surface area contributed by atoms with Crippen LogP contribution in [0.2, 0.25) is 0 Å². The number of hydrogen-bond acceptors (Lipinski definition) is 2. The number of aryl methyl sites for hydroxylation is 3. The lowest BCUT2D eigenvalue weighted by molar-refractivity contribution is -0.134. The first kappa shape index (κ1) is 19.1. The van der Waals surface area contributed by atoms with Crippen LogP contribution in [0.15, 0.2) is 72.8 Å². The Bertz CT molecular complexity index is 799. The van der Waals surface area contributed by atoms with Crippen LogP contribution in [0.25, 0.3) is 0 Å². The monoisotopic (exact) mass is 374 g/mol. The SMILES string of the molecule is CCC(=O)O[Si](c1ccc(C)cc1)(c1ccc(C)cc1)c1ccc(C)cc1. The molecule has 0 unspecified atom stereocenters. The highest BCUT2D eigenvalue weighted by Crippen LogP contribution is 2.13. The fourth-order valence-electron chi connectivity index (χ4n) is 3.28. The topological polar surface area (TPSA) is 26.3 Å². The second-order valence-corrected chi connectivity index (χ2v) is 10.4. The average molecular weight is 375 g/mol. The van der Waals surface area contributed by atoms with Crippen molar-refractivity contribution < 1.29 is 9.22 Å². The zero-order valence-electron chi connectivity index (χ0n) is 16.5. The van der Waals surface area contributed by atoms with Crippen molar-refractivity contribution in [1.29, 1.82) is 0 Å². The predicted octanol–water partition coefficient (Wildman–Crippen LogP) is 3.53. The summed E-state index contributed by atoms with van der Waals surface area (Å²) in [5.41, 5.74) is 3.57. The number of carbonyl (C=O) groups excluding carboxylic acids is 1. The van der Waals surface area contributed by atoms with Gasteiger partial charge in [0.15, 0.2) is 0 Å². The van der Waals surface area contributed by atoms with Gasteiger partial charge in [0.05, 0.1) is 0 Å². The molecule has 0 saturated carbocycles. The molecule has 3 aromatic rings. The van der Waals surface area contributed by atoms with Gasteiger partial charge in [0.2, 0.25) is 0 Å². The van der Waals surface area contributed by atoms with Gasteiger partial charge in [0.1, 0.15) is 0 Å². The van der Waals surface area contributed by atoms with Crippen molar-refractivity contribution >= 4 is 29.8 Å². The molecule has 0 radical (unpaired) electrons. The Morgan fingerprint density at radius 1 is 0.667 bits per heavy atom. The molecule has 0 aliphatic carbocycles. The molecule has 0 saturated heterocycles. The van der Waals surface area contributed by atoms with E-state index >= 15 is 0 Å². The summed E-state index contributed by atoms with van der Waals surface area (Å²) in [6, 6.07) is 25.3. The second kappa shape index (κ2) is 7.93. The van der Waals surface area contributed by atoms with E-state index in [0.29, 0.717) is 6.42 Å². The van der Waals surface area contributed by atoms with Crippen LogP contribution < -0.4 is 15.6 Å². The highest BCUT2D eigenvalue weighted by atomic mass is 28.4. The maximum absolute atomic E-state index is 12.6. The van der Waals surface area contributed by atoms with E-state index in [1.54, 1.807) is 0 Å². The molecule has 0 aliphatic rings. The van der Waals surface area contributed by atoms with Crippen LogP contribution in [-0.4, -0.2) is 14.3 Å². The van der Waals surface area contributed by atoms with Crippen LogP contribution in [0, 0.1) is 20.8 Å². The van der Waals surface area contributed by atoms with Crippen LogP contribution in [0.1, 0.15) is 30.0 Å². The molecule has 0 atom stereocenters. The Morgan fingerprint density at radius 2 is 0.963 bits per heavy atom. The second-order valence-electron chi connectivity index (χ2n) is 7.11. The lowest BCUT2D eigenvalue weighted by Gasteiger charge is -2.32. The summed E-state index contributed by atoms with van der Waals surface area (Å²) in [6.07, 6.45) is 0.359. The molecule has 3 heteroatoms. The third-order valence-electron chi connectivity index (χ3n) is 4.93. The van der Waals surface area contributed by atoms with E-state index < -0.39 is 8.32 Å². The van der Waals surface area contributed by atoms with E-state index in [9.17, 15) is 4.79 Å². The minimum absolute atomic E-state index is 0.164. The third kappa shape index (κ3) is 3.88. The van der Waals surface area contributed by atoms with Gasteiger partial charge < -0.3 is 4.43 Å². The van der Waals surface area contributed by atoms with Crippen molar-refractivity contribution in [2.75, 3.05) is 0 Å². The van der Waals surface area contributed by atoms with Gasteiger partial charge >= 0.3 is 8.32 Å². The first-order valence-electron chi connectivity index (χ1n) is 9.39. The Labute approximate surface area is 163 Å². The molecule has 0 spiro atoms. The summed E-state index contributed by atoms with van der Waals surface area (Å²) in [6.45, 7) is 8.06. The van der Waals surface area contributed by atoms with Crippen molar-refractivity contribution in [2.24, 2.45) is 0 Å². The molecule has 2 nitrogen and oxygen atoms in total. The minimum atomic E-state index is -2.93. The molecule has 3 aromatic carbocycles. The maximum atomic E-state index is 12.6. The van der Waals surface area contributed by atoms with Gasteiger partial charge in [-0.1, -0.05) is 96.4 Å². The molecular formula is C24H26O2Si. The lowest BCUT2D eigenvalue weighted by Crippen LogP contribution is -2.70. The molecule has 0 N–H and O–H groups in total.